The van der Waals surface area contributed by atoms with Crippen molar-refractivity contribution in [2.45, 2.75) is 42.5 Å². The van der Waals surface area contributed by atoms with Gasteiger partial charge in [-0.1, -0.05) is 60.1 Å². The molecule has 1 amide bonds. The van der Waals surface area contributed by atoms with Crippen molar-refractivity contribution in [2.75, 3.05) is 4.90 Å². The number of sulfonamides is 1. The quantitative estimate of drug-likeness (QED) is 0.561. The fourth-order valence-electron chi connectivity index (χ4n) is 5.80. The Bertz CT molecular complexity index is 1490. The smallest absolute Gasteiger partial charge is 0.283 e. The van der Waals surface area contributed by atoms with E-state index in [0.29, 0.717) is 22.7 Å². The Balaban J connectivity index is 1.50. The monoisotopic (exact) mass is 521 g/mol. The van der Waals surface area contributed by atoms with Crippen LogP contribution < -0.4 is 4.90 Å². The van der Waals surface area contributed by atoms with E-state index < -0.39 is 33.7 Å². The SMILES string of the molecule is C[C@]1(O)c2ccccc2N2C(=O)[C@H](Cc3ccccc3)N3/C(=N/S(=O)(=O)c4ccc(Cl)cc4)C[C@@H]1[C@@H]23. The molecule has 36 heavy (non-hydrogen) atoms. The molecule has 0 aliphatic carbocycles. The Morgan fingerprint density at radius 3 is 2.42 bits per heavy atom. The molecule has 3 aliphatic rings. The molecule has 7 nitrogen and oxygen atoms in total. The molecule has 0 bridgehead atoms. The van der Waals surface area contributed by atoms with Crippen LogP contribution in [0, 0.1) is 5.92 Å². The maximum absolute atomic E-state index is 13.9. The van der Waals surface area contributed by atoms with Crippen molar-refractivity contribution < 1.29 is 18.3 Å². The van der Waals surface area contributed by atoms with Crippen LogP contribution in [0.2, 0.25) is 5.02 Å². The number of hydrogen-bond donors (Lipinski definition) is 1. The lowest BCUT2D eigenvalue weighted by molar-refractivity contribution is -0.119. The summed E-state index contributed by atoms with van der Waals surface area (Å²) in [6, 6.07) is 22.2. The van der Waals surface area contributed by atoms with Gasteiger partial charge in [-0.05, 0) is 42.8 Å². The normalized spacial score (nSPS) is 27.9. The van der Waals surface area contributed by atoms with E-state index in [0.717, 1.165) is 5.56 Å². The summed E-state index contributed by atoms with van der Waals surface area (Å²) in [5.41, 5.74) is 0.983. The van der Waals surface area contributed by atoms with Gasteiger partial charge in [0.1, 0.15) is 18.0 Å². The van der Waals surface area contributed by atoms with Gasteiger partial charge in [0.05, 0.1) is 16.2 Å². The van der Waals surface area contributed by atoms with Gasteiger partial charge in [0.25, 0.3) is 15.9 Å². The third kappa shape index (κ3) is 3.47. The highest BCUT2D eigenvalue weighted by Gasteiger charge is 2.63. The van der Waals surface area contributed by atoms with Crippen LogP contribution in [0.25, 0.3) is 0 Å². The molecule has 0 aromatic heterocycles. The minimum atomic E-state index is -4.07. The highest BCUT2D eigenvalue weighted by Crippen LogP contribution is 2.53. The van der Waals surface area contributed by atoms with Gasteiger partial charge in [0.2, 0.25) is 0 Å². The molecule has 3 heterocycles. The molecule has 0 unspecified atom stereocenters. The van der Waals surface area contributed by atoms with Gasteiger partial charge >= 0.3 is 0 Å². The molecular weight excluding hydrogens is 498 g/mol. The summed E-state index contributed by atoms with van der Waals surface area (Å²) in [5, 5.41) is 12.1. The highest BCUT2D eigenvalue weighted by molar-refractivity contribution is 7.90. The first-order valence-electron chi connectivity index (χ1n) is 11.7. The molecule has 2 saturated heterocycles. The number of amidine groups is 1. The van der Waals surface area contributed by atoms with Gasteiger partial charge in [-0.25, -0.2) is 0 Å². The lowest BCUT2D eigenvalue weighted by Gasteiger charge is -2.44. The van der Waals surface area contributed by atoms with Gasteiger partial charge in [0.15, 0.2) is 0 Å². The Morgan fingerprint density at radius 2 is 1.69 bits per heavy atom. The minimum Gasteiger partial charge on any atom is -0.385 e. The maximum atomic E-state index is 13.9. The van der Waals surface area contributed by atoms with E-state index in [1.807, 2.05) is 59.5 Å². The average molecular weight is 522 g/mol. The van der Waals surface area contributed by atoms with Crippen molar-refractivity contribution in [3.05, 3.63) is 95.0 Å². The van der Waals surface area contributed by atoms with Crippen molar-refractivity contribution in [3.63, 3.8) is 0 Å². The van der Waals surface area contributed by atoms with E-state index in [2.05, 4.69) is 4.40 Å². The first kappa shape index (κ1) is 23.2. The molecule has 0 radical (unpaired) electrons. The largest absolute Gasteiger partial charge is 0.385 e. The van der Waals surface area contributed by atoms with E-state index >= 15 is 0 Å². The number of hydrogen-bond acceptors (Lipinski definition) is 4. The number of amides is 1. The van der Waals surface area contributed by atoms with E-state index in [-0.39, 0.29) is 23.1 Å². The van der Waals surface area contributed by atoms with Crippen molar-refractivity contribution in [3.8, 4) is 0 Å². The van der Waals surface area contributed by atoms with Crippen LogP contribution in [0.5, 0.6) is 0 Å². The van der Waals surface area contributed by atoms with Gasteiger partial charge in [-0.3, -0.25) is 9.69 Å². The number of anilines is 1. The number of fused-ring (bicyclic) bond motifs is 2. The number of benzene rings is 3. The van der Waals surface area contributed by atoms with Crippen molar-refractivity contribution in [1.82, 2.24) is 4.90 Å². The Morgan fingerprint density at radius 1 is 1.03 bits per heavy atom. The molecule has 4 atom stereocenters. The van der Waals surface area contributed by atoms with Crippen LogP contribution in [-0.2, 0) is 26.8 Å². The van der Waals surface area contributed by atoms with Crippen LogP contribution in [-0.4, -0.2) is 42.4 Å². The molecule has 2 fully saturated rings. The first-order chi connectivity index (χ1) is 17.2. The molecule has 3 aliphatic heterocycles. The molecule has 3 aromatic rings. The number of para-hydroxylation sites is 1. The molecule has 6 rings (SSSR count). The number of nitrogens with zero attached hydrogens (tertiary/aromatic N) is 3. The van der Waals surface area contributed by atoms with Gasteiger partial charge in [0, 0.05) is 29.3 Å². The average Bonchev–Trinajstić information content (AvgIpc) is 3.35. The van der Waals surface area contributed by atoms with Crippen molar-refractivity contribution in [1.29, 1.82) is 0 Å². The van der Waals surface area contributed by atoms with Gasteiger partial charge in [-0.15, -0.1) is 4.40 Å². The summed E-state index contributed by atoms with van der Waals surface area (Å²) < 4.78 is 30.8. The van der Waals surface area contributed by atoms with Crippen LogP contribution in [0.15, 0.2) is 88.2 Å². The highest BCUT2D eigenvalue weighted by atomic mass is 35.5. The van der Waals surface area contributed by atoms with E-state index in [1.165, 1.54) is 24.3 Å². The molecule has 184 valence electrons. The fourth-order valence-corrected chi connectivity index (χ4v) is 6.96. The Labute approximate surface area is 214 Å². The molecule has 0 spiro atoms. The zero-order valence-electron chi connectivity index (χ0n) is 19.5. The van der Waals surface area contributed by atoms with Crippen LogP contribution >= 0.6 is 11.6 Å². The second-order valence-electron chi connectivity index (χ2n) is 9.65. The topological polar surface area (TPSA) is 90.3 Å². The Kier molecular flexibility index (Phi) is 5.26. The van der Waals surface area contributed by atoms with Crippen LogP contribution in [0.3, 0.4) is 0 Å². The number of rotatable bonds is 4. The second-order valence-corrected chi connectivity index (χ2v) is 11.7. The molecule has 3 aromatic carbocycles. The second kappa shape index (κ2) is 8.16. The molecular formula is C27H24ClN3O4S. The summed E-state index contributed by atoms with van der Waals surface area (Å²) in [4.78, 5) is 17.5. The Hall–Kier alpha value is -3.20. The molecule has 9 heteroatoms. The van der Waals surface area contributed by atoms with Crippen LogP contribution in [0.4, 0.5) is 5.69 Å². The van der Waals surface area contributed by atoms with Crippen molar-refractivity contribution in [2.24, 2.45) is 10.3 Å². The van der Waals surface area contributed by atoms with E-state index in [9.17, 15) is 18.3 Å². The van der Waals surface area contributed by atoms with Gasteiger partial charge in [-0.2, -0.15) is 8.42 Å². The maximum Gasteiger partial charge on any atom is 0.283 e. The van der Waals surface area contributed by atoms with Crippen molar-refractivity contribution >= 4 is 39.1 Å². The predicted molar refractivity (Wildman–Crippen MR) is 137 cm³/mol. The van der Waals surface area contributed by atoms with E-state index in [4.69, 9.17) is 11.6 Å². The summed E-state index contributed by atoms with van der Waals surface area (Å²) in [6.07, 6.45) is 0.0766. The lowest BCUT2D eigenvalue weighted by Crippen LogP contribution is -2.52. The summed E-state index contributed by atoms with van der Waals surface area (Å²) in [7, 11) is -4.07. The van der Waals surface area contributed by atoms with Gasteiger partial charge < -0.3 is 10.0 Å². The minimum absolute atomic E-state index is 0.0197. The molecule has 1 N–H and O–H groups in total. The fraction of sp³-hybridized carbons (Fsp3) is 0.259. The standard InChI is InChI=1S/C27H24ClN3O4S/c1-27(33)20-9-5-6-10-22(20)31-25-21(27)16-24(29-36(34,35)19-13-11-18(28)12-14-19)30(25)23(26(31)32)15-17-7-3-2-4-8-17/h2-14,21,23,25,33H,15-16H2,1H3/b29-24+/t21-,23+,25-,27+/m1/s1. The number of aliphatic hydroxyl groups is 1. The third-order valence-corrected chi connectivity index (χ3v) is 9.08. The first-order valence-corrected chi connectivity index (χ1v) is 13.6. The molecule has 0 saturated carbocycles. The van der Waals surface area contributed by atoms with Crippen LogP contribution in [0.1, 0.15) is 24.5 Å². The predicted octanol–water partition coefficient (Wildman–Crippen LogP) is 3.95. The van der Waals surface area contributed by atoms with E-state index in [1.54, 1.807) is 11.8 Å². The lowest BCUT2D eigenvalue weighted by atomic mass is 9.76. The number of halogens is 1. The zero-order chi connectivity index (χ0) is 25.2. The summed E-state index contributed by atoms with van der Waals surface area (Å²) >= 11 is 5.94. The summed E-state index contributed by atoms with van der Waals surface area (Å²) in [5.74, 6) is -0.297. The zero-order valence-corrected chi connectivity index (χ0v) is 21.0. The number of carbonyl (C=O) groups excluding carboxylic acids is 1. The number of carbonyl (C=O) groups is 1. The third-order valence-electron chi connectivity index (χ3n) is 7.51. The summed E-state index contributed by atoms with van der Waals surface area (Å²) in [6.45, 7) is 1.73.